The van der Waals surface area contributed by atoms with Gasteiger partial charge in [-0.1, -0.05) is 11.6 Å². The fourth-order valence-electron chi connectivity index (χ4n) is 3.51. The molecule has 0 spiro atoms. The smallest absolute Gasteiger partial charge is 0.0874 e. The molecule has 4 nitrogen and oxygen atoms in total. The van der Waals surface area contributed by atoms with Crippen molar-refractivity contribution >= 4 is 28.2 Å². The average molecular weight is 318 g/mol. The molecule has 2 fully saturated rings. The van der Waals surface area contributed by atoms with E-state index < -0.39 is 0 Å². The normalized spacial score (nSPS) is 25.3. The molecule has 0 radical (unpaired) electrons. The molecular weight excluding hydrogens is 298 g/mol. The standard InChI is InChI=1S/C17H20ClN3O/c18-12-3-4-15-16(5-6-19-17(15)8-12)20-9-14-10-21-7-1-2-13(21)11-22-14/h3-6,8,13-14H,1-2,7,9-11H2,(H,19,20). The van der Waals surface area contributed by atoms with Gasteiger partial charge in [-0.2, -0.15) is 0 Å². The molecule has 2 aliphatic rings. The molecule has 0 aliphatic carbocycles. The number of anilines is 1. The molecule has 4 rings (SSSR count). The third-order valence-electron chi connectivity index (χ3n) is 4.69. The molecule has 2 atom stereocenters. The lowest BCUT2D eigenvalue weighted by molar-refractivity contribution is -0.0415. The second-order valence-corrected chi connectivity index (χ2v) is 6.58. The molecule has 116 valence electrons. The van der Waals surface area contributed by atoms with Crippen molar-refractivity contribution < 1.29 is 4.74 Å². The Hall–Kier alpha value is -1.36. The SMILES string of the molecule is Clc1ccc2c(NCC3CN4CCCC4CO3)ccnc2c1. The zero-order chi connectivity index (χ0) is 14.9. The number of hydrogen-bond donors (Lipinski definition) is 1. The van der Waals surface area contributed by atoms with Crippen LogP contribution in [0.2, 0.25) is 5.02 Å². The molecule has 2 unspecified atom stereocenters. The van der Waals surface area contributed by atoms with Crippen LogP contribution < -0.4 is 5.32 Å². The lowest BCUT2D eigenvalue weighted by Gasteiger charge is -2.35. The van der Waals surface area contributed by atoms with Gasteiger partial charge in [-0.15, -0.1) is 0 Å². The van der Waals surface area contributed by atoms with Crippen molar-refractivity contribution in [1.29, 1.82) is 0 Å². The van der Waals surface area contributed by atoms with Crippen molar-refractivity contribution in [2.24, 2.45) is 0 Å². The minimum absolute atomic E-state index is 0.255. The summed E-state index contributed by atoms with van der Waals surface area (Å²) >= 11 is 6.04. The van der Waals surface area contributed by atoms with Gasteiger partial charge >= 0.3 is 0 Å². The summed E-state index contributed by atoms with van der Waals surface area (Å²) in [5, 5.41) is 5.34. The fraction of sp³-hybridized carbons (Fsp3) is 0.471. The van der Waals surface area contributed by atoms with Crippen molar-refractivity contribution in [3.63, 3.8) is 0 Å². The Balaban J connectivity index is 1.45. The van der Waals surface area contributed by atoms with Crippen LogP contribution in [0.25, 0.3) is 10.9 Å². The van der Waals surface area contributed by atoms with E-state index in [1.54, 1.807) is 0 Å². The number of fused-ring (bicyclic) bond motifs is 2. The molecule has 0 saturated carbocycles. The van der Waals surface area contributed by atoms with E-state index in [4.69, 9.17) is 16.3 Å². The summed E-state index contributed by atoms with van der Waals surface area (Å²) in [5.74, 6) is 0. The van der Waals surface area contributed by atoms with Crippen LogP contribution in [0.1, 0.15) is 12.8 Å². The number of ether oxygens (including phenoxy) is 1. The average Bonchev–Trinajstić information content (AvgIpc) is 3.00. The summed E-state index contributed by atoms with van der Waals surface area (Å²) in [4.78, 5) is 6.95. The van der Waals surface area contributed by atoms with Gasteiger partial charge in [0.15, 0.2) is 0 Å². The van der Waals surface area contributed by atoms with Gasteiger partial charge in [-0.05, 0) is 43.7 Å². The Labute approximate surface area is 135 Å². The second kappa shape index (κ2) is 6.03. The van der Waals surface area contributed by atoms with Gasteiger partial charge in [0.05, 0.1) is 18.2 Å². The molecule has 0 bridgehead atoms. The van der Waals surface area contributed by atoms with Crippen LogP contribution in [0.3, 0.4) is 0 Å². The van der Waals surface area contributed by atoms with E-state index in [1.807, 2.05) is 30.5 Å². The Morgan fingerprint density at radius 3 is 3.27 bits per heavy atom. The topological polar surface area (TPSA) is 37.4 Å². The van der Waals surface area contributed by atoms with E-state index >= 15 is 0 Å². The van der Waals surface area contributed by atoms with Gasteiger partial charge in [0.1, 0.15) is 0 Å². The first kappa shape index (κ1) is 14.2. The van der Waals surface area contributed by atoms with Crippen molar-refractivity contribution in [3.8, 4) is 0 Å². The van der Waals surface area contributed by atoms with E-state index in [2.05, 4.69) is 15.2 Å². The first-order chi connectivity index (χ1) is 10.8. The van der Waals surface area contributed by atoms with Gasteiger partial charge < -0.3 is 10.1 Å². The second-order valence-electron chi connectivity index (χ2n) is 6.15. The summed E-state index contributed by atoms with van der Waals surface area (Å²) in [6, 6.07) is 8.49. The molecule has 0 amide bonds. The van der Waals surface area contributed by atoms with Crippen molar-refractivity contribution in [3.05, 3.63) is 35.5 Å². The van der Waals surface area contributed by atoms with E-state index in [1.165, 1.54) is 19.4 Å². The van der Waals surface area contributed by atoms with Gasteiger partial charge in [0.25, 0.3) is 0 Å². The lowest BCUT2D eigenvalue weighted by atomic mass is 10.1. The zero-order valence-corrected chi connectivity index (χ0v) is 13.2. The van der Waals surface area contributed by atoms with Gasteiger partial charge in [0.2, 0.25) is 0 Å². The Morgan fingerprint density at radius 2 is 2.32 bits per heavy atom. The summed E-state index contributed by atoms with van der Waals surface area (Å²) in [6.45, 7) is 3.96. The van der Waals surface area contributed by atoms with Crippen molar-refractivity contribution in [2.45, 2.75) is 25.0 Å². The zero-order valence-electron chi connectivity index (χ0n) is 12.5. The third kappa shape index (κ3) is 2.78. The maximum atomic E-state index is 6.04. The van der Waals surface area contributed by atoms with Gasteiger partial charge in [-0.3, -0.25) is 9.88 Å². The maximum absolute atomic E-state index is 6.04. The van der Waals surface area contributed by atoms with E-state index in [9.17, 15) is 0 Å². The summed E-state index contributed by atoms with van der Waals surface area (Å²) in [6.07, 6.45) is 4.67. The minimum Gasteiger partial charge on any atom is -0.382 e. The van der Waals surface area contributed by atoms with Crippen LogP contribution >= 0.6 is 11.6 Å². The number of nitrogens with one attached hydrogen (secondary N) is 1. The van der Waals surface area contributed by atoms with Crippen LogP contribution in [0, 0.1) is 0 Å². The van der Waals surface area contributed by atoms with Gasteiger partial charge in [0, 0.05) is 41.4 Å². The highest BCUT2D eigenvalue weighted by Crippen LogP contribution is 2.26. The monoisotopic (exact) mass is 317 g/mol. The number of pyridine rings is 1. The predicted octanol–water partition coefficient (Wildman–Crippen LogP) is 3.16. The number of nitrogens with zero attached hydrogens (tertiary/aromatic N) is 2. The first-order valence-corrected chi connectivity index (χ1v) is 8.31. The molecule has 1 aromatic heterocycles. The van der Waals surface area contributed by atoms with E-state index in [0.29, 0.717) is 11.1 Å². The highest BCUT2D eigenvalue weighted by atomic mass is 35.5. The summed E-state index contributed by atoms with van der Waals surface area (Å²) in [5.41, 5.74) is 2.01. The Bertz CT molecular complexity index is 678. The molecule has 3 heterocycles. The maximum Gasteiger partial charge on any atom is 0.0874 e. The highest BCUT2D eigenvalue weighted by molar-refractivity contribution is 6.31. The number of benzene rings is 1. The molecule has 5 heteroatoms. The molecule has 1 aromatic carbocycles. The first-order valence-electron chi connectivity index (χ1n) is 7.93. The highest BCUT2D eigenvalue weighted by Gasteiger charge is 2.31. The molecule has 2 aromatic rings. The van der Waals surface area contributed by atoms with Crippen molar-refractivity contribution in [1.82, 2.24) is 9.88 Å². The number of halogens is 1. The van der Waals surface area contributed by atoms with Crippen LogP contribution in [-0.4, -0.2) is 48.3 Å². The fourth-order valence-corrected chi connectivity index (χ4v) is 3.67. The number of hydrogen-bond acceptors (Lipinski definition) is 4. The number of rotatable bonds is 3. The van der Waals surface area contributed by atoms with Crippen molar-refractivity contribution in [2.75, 3.05) is 31.6 Å². The van der Waals surface area contributed by atoms with Gasteiger partial charge in [-0.25, -0.2) is 0 Å². The summed E-state index contributed by atoms with van der Waals surface area (Å²) < 4.78 is 6.00. The van der Waals surface area contributed by atoms with E-state index in [-0.39, 0.29) is 6.10 Å². The quantitative estimate of drug-likeness (QED) is 0.943. The van der Waals surface area contributed by atoms with Crippen LogP contribution in [0.5, 0.6) is 0 Å². The minimum atomic E-state index is 0.255. The van der Waals surface area contributed by atoms with E-state index in [0.717, 1.165) is 36.3 Å². The molecule has 1 N–H and O–H groups in total. The molecule has 2 aliphatic heterocycles. The molecule has 22 heavy (non-hydrogen) atoms. The Morgan fingerprint density at radius 1 is 1.36 bits per heavy atom. The molecule has 2 saturated heterocycles. The van der Waals surface area contributed by atoms with Crippen LogP contribution in [0.15, 0.2) is 30.5 Å². The van der Waals surface area contributed by atoms with Crippen LogP contribution in [-0.2, 0) is 4.74 Å². The van der Waals surface area contributed by atoms with Crippen LogP contribution in [0.4, 0.5) is 5.69 Å². The number of morpholine rings is 1. The predicted molar refractivity (Wildman–Crippen MR) is 89.6 cm³/mol. The number of aromatic nitrogens is 1. The lowest BCUT2D eigenvalue weighted by Crippen LogP contribution is -2.48. The third-order valence-corrected chi connectivity index (χ3v) is 4.92. The largest absolute Gasteiger partial charge is 0.382 e. The Kier molecular flexibility index (Phi) is 3.90. The molecular formula is C17H20ClN3O. The summed E-state index contributed by atoms with van der Waals surface area (Å²) in [7, 11) is 0.